The second kappa shape index (κ2) is 4.03. The summed E-state index contributed by atoms with van der Waals surface area (Å²) in [6.45, 7) is 2.01. The molecule has 0 spiro atoms. The molecule has 0 amide bonds. The summed E-state index contributed by atoms with van der Waals surface area (Å²) in [4.78, 5) is 12.2. The van der Waals surface area contributed by atoms with E-state index < -0.39 is 0 Å². The Labute approximate surface area is 115 Å². The maximum absolute atomic E-state index is 12.2. The standard InChI is InChI=1S/C15H14N4O/c1-9-4-2-3-5-12(9)19-14-11(8-16-19)13(10-6-7-10)17-18-15(14)20/h2-5,8,10H,6-7H2,1H3,(H,18,20). The van der Waals surface area contributed by atoms with Crippen LogP contribution in [0.15, 0.2) is 35.3 Å². The molecule has 5 heteroatoms. The van der Waals surface area contributed by atoms with Gasteiger partial charge in [-0.15, -0.1) is 0 Å². The predicted octanol–water partition coefficient (Wildman–Crippen LogP) is 2.29. The number of fused-ring (bicyclic) bond motifs is 1. The summed E-state index contributed by atoms with van der Waals surface area (Å²) in [5, 5.41) is 12.1. The molecule has 1 fully saturated rings. The smallest absolute Gasteiger partial charge is 0.266 e. The fraction of sp³-hybridized carbons (Fsp3) is 0.267. The van der Waals surface area contributed by atoms with Crippen molar-refractivity contribution >= 4 is 10.9 Å². The molecule has 0 saturated heterocycles. The monoisotopic (exact) mass is 266 g/mol. The first-order chi connectivity index (χ1) is 9.75. The second-order valence-electron chi connectivity index (χ2n) is 5.32. The molecule has 1 saturated carbocycles. The lowest BCUT2D eigenvalue weighted by Gasteiger charge is -2.06. The van der Waals surface area contributed by atoms with Crippen LogP contribution in [0.5, 0.6) is 0 Å². The third-order valence-corrected chi connectivity index (χ3v) is 3.85. The summed E-state index contributed by atoms with van der Waals surface area (Å²) in [5.74, 6) is 0.476. The molecular formula is C15H14N4O. The molecule has 0 atom stereocenters. The lowest BCUT2D eigenvalue weighted by atomic mass is 10.2. The van der Waals surface area contributed by atoms with Gasteiger partial charge >= 0.3 is 0 Å². The maximum atomic E-state index is 12.2. The van der Waals surface area contributed by atoms with E-state index in [-0.39, 0.29) is 5.56 Å². The first-order valence-corrected chi connectivity index (χ1v) is 6.78. The largest absolute Gasteiger partial charge is 0.290 e. The van der Waals surface area contributed by atoms with Gasteiger partial charge in [0, 0.05) is 11.3 Å². The minimum atomic E-state index is -0.190. The molecule has 0 bridgehead atoms. The van der Waals surface area contributed by atoms with Crippen LogP contribution in [-0.4, -0.2) is 20.0 Å². The highest BCUT2D eigenvalue weighted by Gasteiger charge is 2.29. The van der Waals surface area contributed by atoms with Crippen LogP contribution in [-0.2, 0) is 0 Å². The molecular weight excluding hydrogens is 252 g/mol. The van der Waals surface area contributed by atoms with Crippen LogP contribution in [0.2, 0.25) is 0 Å². The van der Waals surface area contributed by atoms with Gasteiger partial charge in [0.05, 0.1) is 17.6 Å². The zero-order valence-corrected chi connectivity index (χ0v) is 11.1. The summed E-state index contributed by atoms with van der Waals surface area (Å²) in [6, 6.07) is 7.91. The Morgan fingerprint density at radius 3 is 2.85 bits per heavy atom. The molecule has 4 rings (SSSR count). The van der Waals surface area contributed by atoms with Gasteiger partial charge in [0.1, 0.15) is 5.52 Å². The van der Waals surface area contributed by atoms with E-state index in [4.69, 9.17) is 0 Å². The predicted molar refractivity (Wildman–Crippen MR) is 76.2 cm³/mol. The summed E-state index contributed by atoms with van der Waals surface area (Å²) < 4.78 is 1.72. The van der Waals surface area contributed by atoms with Crippen molar-refractivity contribution in [3.05, 3.63) is 52.1 Å². The number of H-pyrrole nitrogens is 1. The van der Waals surface area contributed by atoms with E-state index in [0.717, 1.165) is 35.2 Å². The van der Waals surface area contributed by atoms with Gasteiger partial charge in [-0.05, 0) is 31.4 Å². The van der Waals surface area contributed by atoms with Crippen molar-refractivity contribution in [3.63, 3.8) is 0 Å². The van der Waals surface area contributed by atoms with Crippen LogP contribution < -0.4 is 5.56 Å². The van der Waals surface area contributed by atoms with Gasteiger partial charge in [0.2, 0.25) is 0 Å². The summed E-state index contributed by atoms with van der Waals surface area (Å²) in [6.07, 6.45) is 4.05. The number of aromatic nitrogens is 4. The highest BCUT2D eigenvalue weighted by Crippen LogP contribution is 2.41. The van der Waals surface area contributed by atoms with E-state index >= 15 is 0 Å². The highest BCUT2D eigenvalue weighted by molar-refractivity contribution is 5.82. The first kappa shape index (κ1) is 11.4. The minimum absolute atomic E-state index is 0.190. The number of para-hydroxylation sites is 1. The molecule has 1 aliphatic rings. The maximum Gasteiger partial charge on any atom is 0.290 e. The van der Waals surface area contributed by atoms with Crippen LogP contribution >= 0.6 is 0 Å². The summed E-state index contributed by atoms with van der Waals surface area (Å²) in [7, 11) is 0. The summed E-state index contributed by atoms with van der Waals surface area (Å²) >= 11 is 0. The Morgan fingerprint density at radius 1 is 1.30 bits per heavy atom. The van der Waals surface area contributed by atoms with Crippen LogP contribution in [0.4, 0.5) is 0 Å². The quantitative estimate of drug-likeness (QED) is 0.774. The molecule has 2 heterocycles. The molecule has 1 aliphatic carbocycles. The Bertz CT molecular complexity index is 858. The number of aryl methyl sites for hydroxylation is 1. The van der Waals surface area contributed by atoms with Crippen molar-refractivity contribution < 1.29 is 0 Å². The molecule has 5 nitrogen and oxygen atoms in total. The van der Waals surface area contributed by atoms with E-state index in [1.807, 2.05) is 31.2 Å². The zero-order valence-electron chi connectivity index (χ0n) is 11.1. The van der Waals surface area contributed by atoms with E-state index in [0.29, 0.717) is 11.4 Å². The Kier molecular flexibility index (Phi) is 2.30. The lowest BCUT2D eigenvalue weighted by molar-refractivity contribution is 0.875. The van der Waals surface area contributed by atoms with Gasteiger partial charge in [-0.25, -0.2) is 9.78 Å². The van der Waals surface area contributed by atoms with Crippen LogP contribution in [0.25, 0.3) is 16.6 Å². The van der Waals surface area contributed by atoms with Crippen molar-refractivity contribution in [2.45, 2.75) is 25.7 Å². The highest BCUT2D eigenvalue weighted by atomic mass is 16.1. The average molecular weight is 266 g/mol. The van der Waals surface area contributed by atoms with E-state index in [1.165, 1.54) is 0 Å². The minimum Gasteiger partial charge on any atom is -0.266 e. The normalized spacial score (nSPS) is 14.8. The third kappa shape index (κ3) is 1.59. The van der Waals surface area contributed by atoms with E-state index in [1.54, 1.807) is 10.9 Å². The fourth-order valence-corrected chi connectivity index (χ4v) is 2.63. The molecule has 2 aromatic heterocycles. The van der Waals surface area contributed by atoms with Crippen LogP contribution in [0.3, 0.4) is 0 Å². The van der Waals surface area contributed by atoms with Crippen molar-refractivity contribution in [1.82, 2.24) is 20.0 Å². The number of hydrogen-bond donors (Lipinski definition) is 1. The number of aromatic amines is 1. The van der Waals surface area contributed by atoms with Crippen molar-refractivity contribution in [2.24, 2.45) is 0 Å². The topological polar surface area (TPSA) is 63.6 Å². The van der Waals surface area contributed by atoms with Crippen molar-refractivity contribution in [2.75, 3.05) is 0 Å². The number of rotatable bonds is 2. The molecule has 0 radical (unpaired) electrons. The molecule has 0 unspecified atom stereocenters. The average Bonchev–Trinajstić information content (AvgIpc) is 3.19. The van der Waals surface area contributed by atoms with Gasteiger partial charge in [0.15, 0.2) is 0 Å². The Morgan fingerprint density at radius 2 is 2.10 bits per heavy atom. The molecule has 1 aromatic carbocycles. The van der Waals surface area contributed by atoms with E-state index in [2.05, 4.69) is 15.3 Å². The van der Waals surface area contributed by atoms with Crippen LogP contribution in [0, 0.1) is 6.92 Å². The first-order valence-electron chi connectivity index (χ1n) is 6.78. The van der Waals surface area contributed by atoms with Crippen molar-refractivity contribution in [3.8, 4) is 5.69 Å². The Balaban J connectivity index is 2.05. The second-order valence-corrected chi connectivity index (χ2v) is 5.32. The van der Waals surface area contributed by atoms with Gasteiger partial charge < -0.3 is 0 Å². The number of benzene rings is 1. The molecule has 3 aromatic rings. The SMILES string of the molecule is Cc1ccccc1-n1ncc2c(C3CC3)n[nH]c(=O)c21. The molecule has 100 valence electrons. The van der Waals surface area contributed by atoms with Crippen molar-refractivity contribution in [1.29, 1.82) is 0 Å². The van der Waals surface area contributed by atoms with Crippen LogP contribution in [0.1, 0.15) is 30.0 Å². The van der Waals surface area contributed by atoms with Gasteiger partial charge in [0.25, 0.3) is 5.56 Å². The number of hydrogen-bond acceptors (Lipinski definition) is 3. The lowest BCUT2D eigenvalue weighted by Crippen LogP contribution is -2.14. The number of nitrogens with zero attached hydrogens (tertiary/aromatic N) is 3. The summed E-state index contributed by atoms with van der Waals surface area (Å²) in [5.41, 5.74) is 3.39. The zero-order chi connectivity index (χ0) is 13.7. The van der Waals surface area contributed by atoms with E-state index in [9.17, 15) is 4.79 Å². The van der Waals surface area contributed by atoms with Gasteiger partial charge in [-0.1, -0.05) is 18.2 Å². The van der Waals surface area contributed by atoms with Gasteiger partial charge in [-0.2, -0.15) is 10.2 Å². The number of nitrogens with one attached hydrogen (secondary N) is 1. The molecule has 1 N–H and O–H groups in total. The third-order valence-electron chi connectivity index (χ3n) is 3.85. The Hall–Kier alpha value is -2.43. The molecule has 20 heavy (non-hydrogen) atoms. The fourth-order valence-electron chi connectivity index (χ4n) is 2.63. The van der Waals surface area contributed by atoms with Gasteiger partial charge in [-0.3, -0.25) is 4.79 Å². The molecule has 0 aliphatic heterocycles.